The van der Waals surface area contributed by atoms with Crippen molar-refractivity contribution in [1.82, 2.24) is 9.88 Å². The van der Waals surface area contributed by atoms with Crippen LogP contribution in [-0.4, -0.2) is 39.5 Å². The largest absolute Gasteiger partial charge is 0.478 e. The van der Waals surface area contributed by atoms with Crippen molar-refractivity contribution in [3.8, 4) is 0 Å². The van der Waals surface area contributed by atoms with Crippen molar-refractivity contribution < 1.29 is 14.7 Å². The Morgan fingerprint density at radius 1 is 1.32 bits per heavy atom. The van der Waals surface area contributed by atoms with E-state index in [1.54, 1.807) is 34.6 Å². The van der Waals surface area contributed by atoms with Gasteiger partial charge in [0.25, 0.3) is 5.91 Å². The molecule has 0 bridgehead atoms. The van der Waals surface area contributed by atoms with E-state index in [2.05, 4.69) is 4.98 Å². The lowest BCUT2D eigenvalue weighted by atomic mass is 10.1. The topological polar surface area (TPSA) is 70.5 Å². The minimum Gasteiger partial charge on any atom is -0.478 e. The minimum absolute atomic E-state index is 0.0287. The molecular weight excluding hydrogens is 300 g/mol. The molecular formula is C16H18N2O3S. The third-order valence-corrected chi connectivity index (χ3v) is 4.13. The van der Waals surface area contributed by atoms with E-state index in [0.717, 1.165) is 5.01 Å². The van der Waals surface area contributed by atoms with Gasteiger partial charge in [-0.2, -0.15) is 0 Å². The van der Waals surface area contributed by atoms with Crippen molar-refractivity contribution in [2.75, 3.05) is 6.54 Å². The van der Waals surface area contributed by atoms with E-state index in [4.69, 9.17) is 5.11 Å². The van der Waals surface area contributed by atoms with E-state index in [-0.39, 0.29) is 17.5 Å². The summed E-state index contributed by atoms with van der Waals surface area (Å²) in [5.41, 5.74) is 0.516. The molecule has 1 aromatic heterocycles. The monoisotopic (exact) mass is 318 g/mol. The molecule has 6 heteroatoms. The zero-order valence-electron chi connectivity index (χ0n) is 12.5. The number of hydrogen-bond donors (Lipinski definition) is 1. The quantitative estimate of drug-likeness (QED) is 0.889. The SMILES string of the molecule is CC(C)N(CCc1nccs1)C(=O)c1cccc(C(=O)O)c1. The van der Waals surface area contributed by atoms with Crippen LogP contribution in [0.25, 0.3) is 0 Å². The van der Waals surface area contributed by atoms with Gasteiger partial charge in [0.2, 0.25) is 0 Å². The number of benzene rings is 1. The minimum atomic E-state index is -1.03. The molecule has 0 atom stereocenters. The first-order valence-corrected chi connectivity index (χ1v) is 7.89. The molecule has 0 saturated carbocycles. The number of carbonyl (C=O) groups is 2. The number of thiazole rings is 1. The van der Waals surface area contributed by atoms with Crippen molar-refractivity contribution in [2.45, 2.75) is 26.3 Å². The Morgan fingerprint density at radius 2 is 2.05 bits per heavy atom. The van der Waals surface area contributed by atoms with Gasteiger partial charge >= 0.3 is 5.97 Å². The van der Waals surface area contributed by atoms with Gasteiger partial charge in [0, 0.05) is 36.1 Å². The van der Waals surface area contributed by atoms with Gasteiger partial charge in [-0.15, -0.1) is 11.3 Å². The number of aromatic carboxylic acids is 1. The summed E-state index contributed by atoms with van der Waals surface area (Å²) >= 11 is 1.56. The molecule has 0 saturated heterocycles. The van der Waals surface area contributed by atoms with Crippen LogP contribution < -0.4 is 0 Å². The summed E-state index contributed by atoms with van der Waals surface area (Å²) < 4.78 is 0. The Hall–Kier alpha value is -2.21. The highest BCUT2D eigenvalue weighted by molar-refractivity contribution is 7.09. The lowest BCUT2D eigenvalue weighted by Gasteiger charge is -2.26. The summed E-state index contributed by atoms with van der Waals surface area (Å²) in [5.74, 6) is -1.19. The molecule has 2 aromatic rings. The fourth-order valence-electron chi connectivity index (χ4n) is 2.14. The number of nitrogens with zero attached hydrogens (tertiary/aromatic N) is 2. The molecule has 1 amide bonds. The molecule has 0 unspecified atom stereocenters. The van der Waals surface area contributed by atoms with Crippen molar-refractivity contribution in [3.05, 3.63) is 52.0 Å². The van der Waals surface area contributed by atoms with Gasteiger partial charge in [-0.05, 0) is 32.0 Å². The number of amides is 1. The molecule has 116 valence electrons. The molecule has 22 heavy (non-hydrogen) atoms. The maximum Gasteiger partial charge on any atom is 0.335 e. The van der Waals surface area contributed by atoms with E-state index in [1.165, 1.54) is 12.1 Å². The molecule has 5 nitrogen and oxygen atoms in total. The van der Waals surface area contributed by atoms with E-state index in [9.17, 15) is 9.59 Å². The van der Waals surface area contributed by atoms with Crippen molar-refractivity contribution in [1.29, 1.82) is 0 Å². The van der Waals surface area contributed by atoms with Gasteiger partial charge in [-0.25, -0.2) is 9.78 Å². The lowest BCUT2D eigenvalue weighted by molar-refractivity contribution is 0.0697. The number of carboxylic acids is 1. The second-order valence-electron chi connectivity index (χ2n) is 5.15. The second-order valence-corrected chi connectivity index (χ2v) is 6.13. The average molecular weight is 318 g/mol. The van der Waals surface area contributed by atoms with Crippen LogP contribution in [0.3, 0.4) is 0 Å². The summed E-state index contributed by atoms with van der Waals surface area (Å²) in [4.78, 5) is 29.6. The van der Waals surface area contributed by atoms with E-state index in [1.807, 2.05) is 19.2 Å². The third kappa shape index (κ3) is 3.92. The van der Waals surface area contributed by atoms with Crippen LogP contribution in [0.1, 0.15) is 39.6 Å². The summed E-state index contributed by atoms with van der Waals surface area (Å²) in [7, 11) is 0. The summed E-state index contributed by atoms with van der Waals surface area (Å²) in [6.07, 6.45) is 2.44. The average Bonchev–Trinajstić information content (AvgIpc) is 3.00. The second kappa shape index (κ2) is 7.17. The smallest absolute Gasteiger partial charge is 0.335 e. The summed E-state index contributed by atoms with van der Waals surface area (Å²) in [5, 5.41) is 11.9. The highest BCUT2D eigenvalue weighted by atomic mass is 32.1. The zero-order chi connectivity index (χ0) is 16.1. The van der Waals surface area contributed by atoms with Gasteiger partial charge in [0.15, 0.2) is 0 Å². The third-order valence-electron chi connectivity index (χ3n) is 3.29. The Morgan fingerprint density at radius 3 is 2.64 bits per heavy atom. The van der Waals surface area contributed by atoms with Crippen LogP contribution in [0.15, 0.2) is 35.8 Å². The maximum atomic E-state index is 12.6. The summed E-state index contributed by atoms with van der Waals surface area (Å²) in [6.45, 7) is 4.45. The van der Waals surface area contributed by atoms with Gasteiger partial charge in [-0.3, -0.25) is 4.79 Å². The molecule has 1 N–H and O–H groups in total. The first-order valence-electron chi connectivity index (χ1n) is 7.01. The summed E-state index contributed by atoms with van der Waals surface area (Å²) in [6, 6.07) is 6.17. The molecule has 0 aliphatic rings. The fraction of sp³-hybridized carbons (Fsp3) is 0.312. The molecule has 0 spiro atoms. The Balaban J connectivity index is 2.15. The Labute approximate surface area is 133 Å². The van der Waals surface area contributed by atoms with E-state index < -0.39 is 5.97 Å². The number of aromatic nitrogens is 1. The first kappa shape index (κ1) is 16.2. The van der Waals surface area contributed by atoms with Crippen LogP contribution in [0, 0.1) is 0 Å². The highest BCUT2D eigenvalue weighted by Gasteiger charge is 2.20. The van der Waals surface area contributed by atoms with Crippen LogP contribution in [0.2, 0.25) is 0 Å². The molecule has 2 rings (SSSR count). The molecule has 0 radical (unpaired) electrons. The van der Waals surface area contributed by atoms with Gasteiger partial charge in [0.05, 0.1) is 10.6 Å². The Kier molecular flexibility index (Phi) is 5.27. The zero-order valence-corrected chi connectivity index (χ0v) is 13.3. The molecule has 1 aromatic carbocycles. The number of carbonyl (C=O) groups excluding carboxylic acids is 1. The number of rotatable bonds is 6. The van der Waals surface area contributed by atoms with Gasteiger partial charge in [0.1, 0.15) is 0 Å². The highest BCUT2D eigenvalue weighted by Crippen LogP contribution is 2.13. The first-order chi connectivity index (χ1) is 10.5. The standard InChI is InChI=1S/C16H18N2O3S/c1-11(2)18(8-6-14-17-7-9-22-14)15(19)12-4-3-5-13(10-12)16(20)21/h3-5,7,9-11H,6,8H2,1-2H3,(H,20,21). The maximum absolute atomic E-state index is 12.6. The Bertz CT molecular complexity index is 653. The molecule has 0 fully saturated rings. The lowest BCUT2D eigenvalue weighted by Crippen LogP contribution is -2.38. The van der Waals surface area contributed by atoms with Crippen molar-refractivity contribution in [3.63, 3.8) is 0 Å². The predicted octanol–water partition coefficient (Wildman–Crippen LogP) is 2.93. The van der Waals surface area contributed by atoms with Gasteiger partial charge in [-0.1, -0.05) is 6.07 Å². The predicted molar refractivity (Wildman–Crippen MR) is 85.4 cm³/mol. The number of carboxylic acid groups (broad SMARTS) is 1. The van der Waals surface area contributed by atoms with E-state index in [0.29, 0.717) is 18.5 Å². The van der Waals surface area contributed by atoms with Crippen LogP contribution >= 0.6 is 11.3 Å². The fourth-order valence-corrected chi connectivity index (χ4v) is 2.75. The van der Waals surface area contributed by atoms with Gasteiger partial charge < -0.3 is 10.0 Å². The molecule has 0 aliphatic carbocycles. The normalized spacial score (nSPS) is 10.7. The van der Waals surface area contributed by atoms with Crippen molar-refractivity contribution >= 4 is 23.2 Å². The van der Waals surface area contributed by atoms with Crippen molar-refractivity contribution in [2.24, 2.45) is 0 Å². The van der Waals surface area contributed by atoms with Crippen LogP contribution in [0.4, 0.5) is 0 Å². The number of hydrogen-bond acceptors (Lipinski definition) is 4. The van der Waals surface area contributed by atoms with Crippen LogP contribution in [-0.2, 0) is 6.42 Å². The molecule has 0 aliphatic heterocycles. The molecule has 1 heterocycles. The van der Waals surface area contributed by atoms with E-state index >= 15 is 0 Å². The van der Waals surface area contributed by atoms with Crippen LogP contribution in [0.5, 0.6) is 0 Å².